The second-order valence-corrected chi connectivity index (χ2v) is 4.80. The number of guanidine groups is 1. The number of hydrogen-bond donors (Lipinski definition) is 2. The van der Waals surface area contributed by atoms with Crippen molar-refractivity contribution in [3.8, 4) is 0 Å². The Hall–Kier alpha value is -0.780. The second kappa shape index (κ2) is 10.1. The van der Waals surface area contributed by atoms with E-state index in [9.17, 15) is 0 Å². The van der Waals surface area contributed by atoms with Crippen LogP contribution in [0.3, 0.4) is 0 Å². The smallest absolute Gasteiger partial charge is 0.191 e. The molecule has 0 fully saturated rings. The van der Waals surface area contributed by atoms with E-state index in [-0.39, 0.29) is 24.0 Å². The minimum Gasteiger partial charge on any atom is -0.357 e. The molecule has 0 radical (unpaired) electrons. The first-order chi connectivity index (χ1) is 8.61. The largest absolute Gasteiger partial charge is 0.357 e. The summed E-state index contributed by atoms with van der Waals surface area (Å²) < 4.78 is 0. The molecule has 1 aromatic carbocycles. The SMILES string of the molecule is CCNC(=NCCc1ccc(C)cc1)NC(C)C.I. The highest BCUT2D eigenvalue weighted by atomic mass is 127. The van der Waals surface area contributed by atoms with Crippen molar-refractivity contribution >= 4 is 29.9 Å². The lowest BCUT2D eigenvalue weighted by atomic mass is 10.1. The lowest BCUT2D eigenvalue weighted by Crippen LogP contribution is -2.41. The zero-order valence-corrected chi connectivity index (χ0v) is 14.7. The molecule has 0 aliphatic rings. The first-order valence-corrected chi connectivity index (χ1v) is 6.72. The quantitative estimate of drug-likeness (QED) is 0.471. The molecule has 19 heavy (non-hydrogen) atoms. The zero-order chi connectivity index (χ0) is 13.4. The maximum Gasteiger partial charge on any atom is 0.191 e. The number of aliphatic imine (C=N–C) groups is 1. The van der Waals surface area contributed by atoms with E-state index in [0.29, 0.717) is 6.04 Å². The third-order valence-electron chi connectivity index (χ3n) is 2.56. The molecule has 0 spiro atoms. The van der Waals surface area contributed by atoms with Crippen LogP contribution in [0.2, 0.25) is 0 Å². The number of aryl methyl sites for hydroxylation is 1. The van der Waals surface area contributed by atoms with Crippen LogP contribution in [0.25, 0.3) is 0 Å². The number of nitrogens with one attached hydrogen (secondary N) is 2. The van der Waals surface area contributed by atoms with E-state index in [2.05, 4.69) is 67.6 Å². The van der Waals surface area contributed by atoms with Gasteiger partial charge in [-0.3, -0.25) is 4.99 Å². The molecular weight excluding hydrogens is 349 g/mol. The van der Waals surface area contributed by atoms with Gasteiger partial charge in [-0.2, -0.15) is 0 Å². The van der Waals surface area contributed by atoms with E-state index in [1.807, 2.05) is 0 Å². The predicted octanol–water partition coefficient (Wildman–Crippen LogP) is 3.12. The van der Waals surface area contributed by atoms with E-state index in [0.717, 1.165) is 25.5 Å². The predicted molar refractivity (Wildman–Crippen MR) is 94.5 cm³/mol. The van der Waals surface area contributed by atoms with E-state index in [1.54, 1.807) is 0 Å². The van der Waals surface area contributed by atoms with Gasteiger partial charge in [0.05, 0.1) is 0 Å². The van der Waals surface area contributed by atoms with Crippen molar-refractivity contribution in [3.05, 3.63) is 35.4 Å². The van der Waals surface area contributed by atoms with Crippen molar-refractivity contribution in [3.63, 3.8) is 0 Å². The van der Waals surface area contributed by atoms with Crippen LogP contribution >= 0.6 is 24.0 Å². The fourth-order valence-electron chi connectivity index (χ4n) is 1.65. The van der Waals surface area contributed by atoms with Crippen LogP contribution in [0.15, 0.2) is 29.3 Å². The molecule has 108 valence electrons. The van der Waals surface area contributed by atoms with E-state index < -0.39 is 0 Å². The molecule has 0 saturated heterocycles. The van der Waals surface area contributed by atoms with Gasteiger partial charge in [0, 0.05) is 19.1 Å². The van der Waals surface area contributed by atoms with Gasteiger partial charge in [0.2, 0.25) is 0 Å². The molecule has 4 heteroatoms. The van der Waals surface area contributed by atoms with Gasteiger partial charge in [-0.25, -0.2) is 0 Å². The maximum atomic E-state index is 4.57. The summed E-state index contributed by atoms with van der Waals surface area (Å²) in [5, 5.41) is 6.56. The lowest BCUT2D eigenvalue weighted by Gasteiger charge is -2.13. The van der Waals surface area contributed by atoms with Gasteiger partial charge in [0.15, 0.2) is 5.96 Å². The van der Waals surface area contributed by atoms with Gasteiger partial charge in [0.25, 0.3) is 0 Å². The van der Waals surface area contributed by atoms with Crippen LogP contribution in [0, 0.1) is 6.92 Å². The standard InChI is InChI=1S/C15H25N3.HI/c1-5-16-15(18-12(2)3)17-11-10-14-8-6-13(4)7-9-14;/h6-9,12H,5,10-11H2,1-4H3,(H2,16,17,18);1H. The number of rotatable bonds is 5. The summed E-state index contributed by atoms with van der Waals surface area (Å²) in [4.78, 5) is 4.57. The summed E-state index contributed by atoms with van der Waals surface area (Å²) in [5.41, 5.74) is 2.64. The average molecular weight is 375 g/mol. The molecule has 0 bridgehead atoms. The molecule has 0 aliphatic carbocycles. The minimum absolute atomic E-state index is 0. The molecule has 1 rings (SSSR count). The molecular formula is C15H26IN3. The van der Waals surface area contributed by atoms with E-state index in [4.69, 9.17) is 0 Å². The van der Waals surface area contributed by atoms with Crippen LogP contribution in [0.1, 0.15) is 31.9 Å². The Morgan fingerprint density at radius 2 is 1.84 bits per heavy atom. The lowest BCUT2D eigenvalue weighted by molar-refractivity contribution is 0.700. The molecule has 3 nitrogen and oxygen atoms in total. The highest BCUT2D eigenvalue weighted by Gasteiger charge is 1.99. The first kappa shape index (κ1) is 18.2. The first-order valence-electron chi connectivity index (χ1n) is 6.72. The molecule has 1 aromatic rings. The minimum atomic E-state index is 0. The Kier molecular flexibility index (Phi) is 9.65. The summed E-state index contributed by atoms with van der Waals surface area (Å²) >= 11 is 0. The molecule has 0 amide bonds. The van der Waals surface area contributed by atoms with Crippen molar-refractivity contribution in [2.75, 3.05) is 13.1 Å². The Labute approximate surface area is 134 Å². The molecule has 0 unspecified atom stereocenters. The van der Waals surface area contributed by atoms with Gasteiger partial charge in [-0.1, -0.05) is 29.8 Å². The maximum absolute atomic E-state index is 4.57. The third kappa shape index (κ3) is 8.08. The van der Waals surface area contributed by atoms with Crippen molar-refractivity contribution in [1.29, 1.82) is 0 Å². The Balaban J connectivity index is 0.00000324. The van der Waals surface area contributed by atoms with Crippen LogP contribution in [-0.4, -0.2) is 25.1 Å². The molecule has 0 aliphatic heterocycles. The van der Waals surface area contributed by atoms with Gasteiger partial charge in [-0.15, -0.1) is 24.0 Å². The van der Waals surface area contributed by atoms with Gasteiger partial charge < -0.3 is 10.6 Å². The van der Waals surface area contributed by atoms with Gasteiger partial charge in [-0.05, 0) is 39.7 Å². The van der Waals surface area contributed by atoms with Crippen LogP contribution < -0.4 is 10.6 Å². The summed E-state index contributed by atoms with van der Waals surface area (Å²) in [6.45, 7) is 10.1. The van der Waals surface area contributed by atoms with Crippen LogP contribution in [0.4, 0.5) is 0 Å². The molecule has 0 saturated carbocycles. The fourth-order valence-corrected chi connectivity index (χ4v) is 1.65. The third-order valence-corrected chi connectivity index (χ3v) is 2.56. The van der Waals surface area contributed by atoms with Crippen molar-refractivity contribution in [1.82, 2.24) is 10.6 Å². The fraction of sp³-hybridized carbons (Fsp3) is 0.533. The number of benzene rings is 1. The summed E-state index contributed by atoms with van der Waals surface area (Å²) in [6.07, 6.45) is 0.981. The topological polar surface area (TPSA) is 36.4 Å². The Bertz CT molecular complexity index is 371. The Morgan fingerprint density at radius 1 is 1.21 bits per heavy atom. The molecule has 0 heterocycles. The monoisotopic (exact) mass is 375 g/mol. The second-order valence-electron chi connectivity index (χ2n) is 4.80. The highest BCUT2D eigenvalue weighted by Crippen LogP contribution is 2.03. The van der Waals surface area contributed by atoms with Crippen molar-refractivity contribution in [2.45, 2.75) is 40.2 Å². The normalized spacial score (nSPS) is 11.1. The van der Waals surface area contributed by atoms with E-state index >= 15 is 0 Å². The van der Waals surface area contributed by atoms with E-state index in [1.165, 1.54) is 11.1 Å². The van der Waals surface area contributed by atoms with Crippen LogP contribution in [-0.2, 0) is 6.42 Å². The van der Waals surface area contributed by atoms with Crippen LogP contribution in [0.5, 0.6) is 0 Å². The summed E-state index contributed by atoms with van der Waals surface area (Å²) in [6, 6.07) is 9.05. The summed E-state index contributed by atoms with van der Waals surface area (Å²) in [7, 11) is 0. The molecule has 0 aromatic heterocycles. The zero-order valence-electron chi connectivity index (χ0n) is 12.4. The number of nitrogens with zero attached hydrogens (tertiary/aromatic N) is 1. The molecule has 2 N–H and O–H groups in total. The number of hydrogen-bond acceptors (Lipinski definition) is 1. The molecule has 0 atom stereocenters. The highest BCUT2D eigenvalue weighted by molar-refractivity contribution is 14.0. The number of halogens is 1. The van der Waals surface area contributed by atoms with Gasteiger partial charge in [0.1, 0.15) is 0 Å². The van der Waals surface area contributed by atoms with Crippen molar-refractivity contribution < 1.29 is 0 Å². The Morgan fingerprint density at radius 3 is 2.37 bits per heavy atom. The van der Waals surface area contributed by atoms with Crippen molar-refractivity contribution in [2.24, 2.45) is 4.99 Å². The summed E-state index contributed by atoms with van der Waals surface area (Å²) in [5.74, 6) is 0.902. The van der Waals surface area contributed by atoms with Gasteiger partial charge >= 0.3 is 0 Å². The average Bonchev–Trinajstić information content (AvgIpc) is 2.31.